The fourth-order valence-corrected chi connectivity index (χ4v) is 4.49. The third-order valence-electron chi connectivity index (χ3n) is 5.30. The molecule has 2 aromatic rings. The molecule has 0 saturated heterocycles. The van der Waals surface area contributed by atoms with Crippen molar-refractivity contribution in [3.63, 3.8) is 0 Å². The van der Waals surface area contributed by atoms with Gasteiger partial charge in [-0.1, -0.05) is 58.2 Å². The molecule has 34 heavy (non-hydrogen) atoms. The highest BCUT2D eigenvalue weighted by atomic mass is 79.9. The molecule has 0 aliphatic heterocycles. The Balaban J connectivity index is 2.39. The van der Waals surface area contributed by atoms with Crippen LogP contribution in [0.3, 0.4) is 0 Å². The van der Waals surface area contributed by atoms with E-state index in [2.05, 4.69) is 21.2 Å². The number of carbonyl (C=O) groups excluding carboxylic acids is 2. The van der Waals surface area contributed by atoms with E-state index in [0.29, 0.717) is 0 Å². The van der Waals surface area contributed by atoms with Gasteiger partial charge in [-0.25, -0.2) is 8.42 Å². The number of halogens is 3. The molecular formula is C23H28BrCl2N3O4S. The number of rotatable bonds is 10. The quantitative estimate of drug-likeness (QED) is 0.427. The van der Waals surface area contributed by atoms with Crippen molar-refractivity contribution >= 4 is 66.7 Å². The second-order valence-corrected chi connectivity index (χ2v) is 11.6. The first-order valence-electron chi connectivity index (χ1n) is 10.6. The van der Waals surface area contributed by atoms with Gasteiger partial charge in [0.1, 0.15) is 12.6 Å². The first-order valence-corrected chi connectivity index (χ1v) is 14.0. The highest BCUT2D eigenvalue weighted by Gasteiger charge is 2.30. The minimum atomic E-state index is -3.85. The Labute approximate surface area is 219 Å². The summed E-state index contributed by atoms with van der Waals surface area (Å²) < 4.78 is 27.0. The van der Waals surface area contributed by atoms with Crippen LogP contribution in [-0.4, -0.2) is 50.0 Å². The third-order valence-corrected chi connectivity index (χ3v) is 7.71. The average Bonchev–Trinajstić information content (AvgIpc) is 2.77. The molecule has 0 bridgehead atoms. The van der Waals surface area contributed by atoms with Crippen LogP contribution in [0.1, 0.15) is 32.8 Å². The second kappa shape index (κ2) is 12.2. The first-order chi connectivity index (χ1) is 15.8. The van der Waals surface area contributed by atoms with Crippen molar-refractivity contribution < 1.29 is 18.0 Å². The molecule has 7 nitrogen and oxygen atoms in total. The predicted octanol–water partition coefficient (Wildman–Crippen LogP) is 4.85. The molecule has 2 amide bonds. The lowest BCUT2D eigenvalue weighted by atomic mass is 10.1. The van der Waals surface area contributed by atoms with Gasteiger partial charge in [0.2, 0.25) is 21.8 Å². The van der Waals surface area contributed by atoms with Crippen molar-refractivity contribution in [2.45, 2.75) is 45.8 Å². The lowest BCUT2D eigenvalue weighted by Gasteiger charge is -2.32. The summed E-state index contributed by atoms with van der Waals surface area (Å²) in [6.07, 6.45) is 1.74. The summed E-state index contributed by atoms with van der Waals surface area (Å²) in [5, 5.41) is 3.31. The zero-order valence-corrected chi connectivity index (χ0v) is 23.3. The van der Waals surface area contributed by atoms with Crippen molar-refractivity contribution in [3.8, 4) is 0 Å². The highest BCUT2D eigenvalue weighted by Crippen LogP contribution is 2.28. The molecule has 0 aliphatic carbocycles. The van der Waals surface area contributed by atoms with Gasteiger partial charge in [0.25, 0.3) is 0 Å². The Bertz CT molecular complexity index is 1130. The van der Waals surface area contributed by atoms with Crippen LogP contribution in [0.2, 0.25) is 10.0 Å². The fraction of sp³-hybridized carbons (Fsp3) is 0.391. The topological polar surface area (TPSA) is 86.8 Å². The normalized spacial score (nSPS) is 13.1. The molecule has 2 atom stereocenters. The third kappa shape index (κ3) is 7.86. The van der Waals surface area contributed by atoms with Crippen LogP contribution in [0.5, 0.6) is 0 Å². The van der Waals surface area contributed by atoms with E-state index in [4.69, 9.17) is 23.2 Å². The van der Waals surface area contributed by atoms with Gasteiger partial charge in [-0.05, 0) is 56.2 Å². The Hall–Kier alpha value is -1.81. The van der Waals surface area contributed by atoms with Gasteiger partial charge in [-0.15, -0.1) is 0 Å². The lowest BCUT2D eigenvalue weighted by Crippen LogP contribution is -2.52. The van der Waals surface area contributed by atoms with Gasteiger partial charge in [0.05, 0.1) is 22.0 Å². The summed E-state index contributed by atoms with van der Waals surface area (Å²) in [4.78, 5) is 27.7. The van der Waals surface area contributed by atoms with Crippen molar-refractivity contribution in [3.05, 3.63) is 62.5 Å². The van der Waals surface area contributed by atoms with E-state index in [0.717, 1.165) is 27.0 Å². The molecule has 0 heterocycles. The fourth-order valence-electron chi connectivity index (χ4n) is 3.09. The Morgan fingerprint density at radius 2 is 1.68 bits per heavy atom. The van der Waals surface area contributed by atoms with Crippen LogP contribution in [0, 0.1) is 0 Å². The van der Waals surface area contributed by atoms with E-state index < -0.39 is 28.5 Å². The molecule has 2 aromatic carbocycles. The molecule has 11 heteroatoms. The second-order valence-electron chi connectivity index (χ2n) is 8.01. The molecule has 0 aromatic heterocycles. The van der Waals surface area contributed by atoms with E-state index in [1.54, 1.807) is 6.92 Å². The van der Waals surface area contributed by atoms with Crippen LogP contribution in [0.4, 0.5) is 5.69 Å². The zero-order chi connectivity index (χ0) is 25.6. The summed E-state index contributed by atoms with van der Waals surface area (Å²) in [6, 6.07) is 10.7. The van der Waals surface area contributed by atoms with Gasteiger partial charge in [0, 0.05) is 17.1 Å². The van der Waals surface area contributed by atoms with E-state index in [1.165, 1.54) is 23.1 Å². The number of hydrogen-bond donors (Lipinski definition) is 1. The highest BCUT2D eigenvalue weighted by molar-refractivity contribution is 9.10. The van der Waals surface area contributed by atoms with Crippen LogP contribution >= 0.6 is 39.1 Å². The SMILES string of the molecule is CC[C@@H](C)NC(=O)[C@@H](C)N(Cc1ccc(Br)cc1)C(=O)CN(c1ccc(Cl)c(Cl)c1)S(C)(=O)=O. The standard InChI is InChI=1S/C23H28BrCl2N3O4S/c1-5-15(2)27-23(31)16(3)28(13-17-6-8-18(24)9-7-17)22(30)14-29(34(4,32)33)19-10-11-20(25)21(26)12-19/h6-12,15-16H,5,13-14H2,1-4H3,(H,27,31)/t15-,16-/m1/s1. The molecule has 0 saturated carbocycles. The number of hydrogen-bond acceptors (Lipinski definition) is 4. The predicted molar refractivity (Wildman–Crippen MR) is 141 cm³/mol. The summed E-state index contributed by atoms with van der Waals surface area (Å²) >= 11 is 15.4. The Morgan fingerprint density at radius 1 is 1.06 bits per heavy atom. The number of nitrogens with one attached hydrogen (secondary N) is 1. The van der Waals surface area contributed by atoms with Gasteiger partial charge in [0.15, 0.2) is 0 Å². The number of anilines is 1. The molecular weight excluding hydrogens is 565 g/mol. The maximum absolute atomic E-state index is 13.5. The van der Waals surface area contributed by atoms with Crippen LogP contribution < -0.4 is 9.62 Å². The summed E-state index contributed by atoms with van der Waals surface area (Å²) in [5.74, 6) is -0.855. The number of carbonyl (C=O) groups is 2. The smallest absolute Gasteiger partial charge is 0.244 e. The average molecular weight is 593 g/mol. The number of benzene rings is 2. The lowest BCUT2D eigenvalue weighted by molar-refractivity contribution is -0.139. The molecule has 1 N–H and O–H groups in total. The van der Waals surface area contributed by atoms with E-state index in [1.807, 2.05) is 38.1 Å². The van der Waals surface area contributed by atoms with E-state index in [9.17, 15) is 18.0 Å². The molecule has 0 spiro atoms. The van der Waals surface area contributed by atoms with Crippen LogP contribution in [0.15, 0.2) is 46.9 Å². The van der Waals surface area contributed by atoms with Gasteiger partial charge < -0.3 is 10.2 Å². The van der Waals surface area contributed by atoms with E-state index in [-0.39, 0.29) is 34.2 Å². The minimum Gasteiger partial charge on any atom is -0.352 e. The molecule has 2 rings (SSSR count). The molecule has 0 unspecified atom stereocenters. The first kappa shape index (κ1) is 28.4. The van der Waals surface area contributed by atoms with Gasteiger partial charge in [-0.3, -0.25) is 13.9 Å². The van der Waals surface area contributed by atoms with Crippen molar-refractivity contribution in [1.82, 2.24) is 10.2 Å². The summed E-state index contributed by atoms with van der Waals surface area (Å²) in [5.41, 5.74) is 0.991. The number of sulfonamides is 1. The monoisotopic (exact) mass is 591 g/mol. The van der Waals surface area contributed by atoms with Crippen molar-refractivity contribution in [2.75, 3.05) is 17.1 Å². The number of nitrogens with zero attached hydrogens (tertiary/aromatic N) is 2. The van der Waals surface area contributed by atoms with Crippen molar-refractivity contribution in [2.24, 2.45) is 0 Å². The Kier molecular flexibility index (Phi) is 10.2. The molecule has 0 fully saturated rings. The van der Waals surface area contributed by atoms with Gasteiger partial charge in [-0.2, -0.15) is 0 Å². The number of amides is 2. The summed E-state index contributed by atoms with van der Waals surface area (Å²) in [6.45, 7) is 5.07. The van der Waals surface area contributed by atoms with Crippen LogP contribution in [0.25, 0.3) is 0 Å². The zero-order valence-electron chi connectivity index (χ0n) is 19.4. The minimum absolute atomic E-state index is 0.0664. The van der Waals surface area contributed by atoms with Gasteiger partial charge >= 0.3 is 0 Å². The Morgan fingerprint density at radius 3 is 2.21 bits per heavy atom. The maximum atomic E-state index is 13.5. The summed E-state index contributed by atoms with van der Waals surface area (Å²) in [7, 11) is -3.85. The molecule has 186 valence electrons. The largest absolute Gasteiger partial charge is 0.352 e. The van der Waals surface area contributed by atoms with Crippen molar-refractivity contribution in [1.29, 1.82) is 0 Å². The van der Waals surface area contributed by atoms with E-state index >= 15 is 0 Å². The maximum Gasteiger partial charge on any atom is 0.244 e. The molecule has 0 radical (unpaired) electrons. The van der Waals surface area contributed by atoms with Crippen LogP contribution in [-0.2, 0) is 26.2 Å². The molecule has 0 aliphatic rings.